The van der Waals surface area contributed by atoms with Crippen LogP contribution in [-0.2, 0) is 0 Å². The quantitative estimate of drug-likeness (QED) is 0.757. The zero-order valence-electron chi connectivity index (χ0n) is 8.99. The number of nitrogens with one attached hydrogen (secondary N) is 1. The minimum Gasteiger partial charge on any atom is -0.363 e. The van der Waals surface area contributed by atoms with Crippen molar-refractivity contribution >= 4 is 5.82 Å². The topological polar surface area (TPSA) is 63.8 Å². The molecule has 0 aromatic carbocycles. The molecule has 1 aromatic heterocycles. The number of nitrogens with zero attached hydrogens (tertiary/aromatic N) is 2. The van der Waals surface area contributed by atoms with Crippen molar-refractivity contribution < 1.29 is 0 Å². The van der Waals surface area contributed by atoms with Crippen LogP contribution in [0.2, 0.25) is 0 Å². The van der Waals surface area contributed by atoms with Crippen LogP contribution in [0.1, 0.15) is 20.8 Å². The van der Waals surface area contributed by atoms with Crippen LogP contribution in [0.15, 0.2) is 18.6 Å². The van der Waals surface area contributed by atoms with Crippen LogP contribution in [0.3, 0.4) is 0 Å². The van der Waals surface area contributed by atoms with Crippen molar-refractivity contribution in [3.63, 3.8) is 0 Å². The normalized spacial score (nSPS) is 15.2. The fourth-order valence-electron chi connectivity index (χ4n) is 1.09. The predicted molar refractivity (Wildman–Crippen MR) is 58.0 cm³/mol. The van der Waals surface area contributed by atoms with Crippen LogP contribution >= 0.6 is 0 Å². The van der Waals surface area contributed by atoms with E-state index in [4.69, 9.17) is 5.73 Å². The molecule has 0 aliphatic heterocycles. The Bertz CT molecular complexity index is 273. The van der Waals surface area contributed by atoms with Crippen molar-refractivity contribution in [2.75, 3.05) is 11.9 Å². The van der Waals surface area contributed by atoms with E-state index in [2.05, 4.69) is 36.1 Å². The molecule has 0 aliphatic carbocycles. The number of aromatic nitrogens is 2. The lowest BCUT2D eigenvalue weighted by atomic mass is 9.88. The summed E-state index contributed by atoms with van der Waals surface area (Å²) in [5.41, 5.74) is 5.63. The molecule has 0 radical (unpaired) electrons. The first-order valence-electron chi connectivity index (χ1n) is 4.83. The van der Waals surface area contributed by atoms with Crippen molar-refractivity contribution in [2.45, 2.75) is 26.3 Å². The third-order valence-electron chi connectivity index (χ3n) is 2.69. The van der Waals surface area contributed by atoms with Gasteiger partial charge in [0.2, 0.25) is 0 Å². The average molecular weight is 194 g/mol. The van der Waals surface area contributed by atoms with E-state index in [0.717, 1.165) is 5.82 Å². The van der Waals surface area contributed by atoms with Crippen LogP contribution < -0.4 is 11.1 Å². The lowest BCUT2D eigenvalue weighted by molar-refractivity contribution is 0.381. The van der Waals surface area contributed by atoms with Gasteiger partial charge in [-0.2, -0.15) is 0 Å². The first-order valence-corrected chi connectivity index (χ1v) is 4.83. The van der Waals surface area contributed by atoms with E-state index in [9.17, 15) is 0 Å². The first kappa shape index (κ1) is 10.9. The third kappa shape index (κ3) is 2.42. The highest BCUT2D eigenvalue weighted by atomic mass is 15.1. The first-order chi connectivity index (χ1) is 6.58. The van der Waals surface area contributed by atoms with Crippen LogP contribution in [0.25, 0.3) is 0 Å². The molecule has 0 spiro atoms. The van der Waals surface area contributed by atoms with Crippen LogP contribution in [0, 0.1) is 5.92 Å². The Hall–Kier alpha value is -1.16. The van der Waals surface area contributed by atoms with Gasteiger partial charge in [-0.15, -0.1) is 0 Å². The molecule has 0 fully saturated rings. The van der Waals surface area contributed by atoms with Crippen LogP contribution in [-0.4, -0.2) is 22.1 Å². The highest BCUT2D eigenvalue weighted by molar-refractivity contribution is 5.35. The second-order valence-electron chi connectivity index (χ2n) is 4.00. The monoisotopic (exact) mass is 194 g/mol. The molecule has 3 N–H and O–H groups in total. The van der Waals surface area contributed by atoms with Crippen LogP contribution in [0.5, 0.6) is 0 Å². The van der Waals surface area contributed by atoms with Gasteiger partial charge in [0.15, 0.2) is 0 Å². The van der Waals surface area contributed by atoms with Gasteiger partial charge in [-0.1, -0.05) is 13.8 Å². The molecule has 1 atom stereocenters. The van der Waals surface area contributed by atoms with E-state index >= 15 is 0 Å². The average Bonchev–Trinajstić information content (AvgIpc) is 2.19. The molecule has 14 heavy (non-hydrogen) atoms. The maximum absolute atomic E-state index is 5.75. The summed E-state index contributed by atoms with van der Waals surface area (Å²) in [6.07, 6.45) is 3.24. The second kappa shape index (κ2) is 4.37. The lowest BCUT2D eigenvalue weighted by Crippen LogP contribution is -2.47. The maximum Gasteiger partial charge on any atom is 0.129 e. The molecule has 1 heterocycles. The standard InChI is InChI=1S/C10H18N4/c1-8(2)10(3,6-11)14-9-4-5-12-7-13-9/h4-5,7-8H,6,11H2,1-3H3,(H,12,13,14). The number of rotatable bonds is 4. The number of anilines is 1. The summed E-state index contributed by atoms with van der Waals surface area (Å²) in [6.45, 7) is 6.95. The summed E-state index contributed by atoms with van der Waals surface area (Å²) in [6, 6.07) is 1.84. The molecule has 4 heteroatoms. The van der Waals surface area contributed by atoms with Crippen molar-refractivity contribution in [2.24, 2.45) is 11.7 Å². The van der Waals surface area contributed by atoms with E-state index in [1.165, 1.54) is 6.33 Å². The van der Waals surface area contributed by atoms with Crippen molar-refractivity contribution in [3.8, 4) is 0 Å². The minimum atomic E-state index is -0.117. The fourth-order valence-corrected chi connectivity index (χ4v) is 1.09. The Labute approximate surface area is 85.0 Å². The molecule has 1 rings (SSSR count). The summed E-state index contributed by atoms with van der Waals surface area (Å²) in [5.74, 6) is 1.27. The summed E-state index contributed by atoms with van der Waals surface area (Å²) >= 11 is 0. The molecule has 0 aliphatic rings. The zero-order valence-corrected chi connectivity index (χ0v) is 8.99. The van der Waals surface area contributed by atoms with E-state index in [-0.39, 0.29) is 5.54 Å². The van der Waals surface area contributed by atoms with Gasteiger partial charge >= 0.3 is 0 Å². The van der Waals surface area contributed by atoms with Gasteiger partial charge in [-0.05, 0) is 18.9 Å². The molecule has 4 nitrogen and oxygen atoms in total. The molecule has 1 unspecified atom stereocenters. The van der Waals surface area contributed by atoms with Gasteiger partial charge in [0.25, 0.3) is 0 Å². The smallest absolute Gasteiger partial charge is 0.129 e. The zero-order chi connectivity index (χ0) is 10.6. The largest absolute Gasteiger partial charge is 0.363 e. The molecule has 1 aromatic rings. The summed E-state index contributed by atoms with van der Waals surface area (Å²) in [5, 5.41) is 3.33. The highest BCUT2D eigenvalue weighted by Crippen LogP contribution is 2.19. The number of hydrogen-bond acceptors (Lipinski definition) is 4. The molecular formula is C10H18N4. The highest BCUT2D eigenvalue weighted by Gasteiger charge is 2.26. The van der Waals surface area contributed by atoms with Gasteiger partial charge in [0, 0.05) is 12.7 Å². The fraction of sp³-hybridized carbons (Fsp3) is 0.600. The molecule has 0 amide bonds. The Morgan fingerprint density at radius 2 is 2.29 bits per heavy atom. The van der Waals surface area contributed by atoms with Crippen LogP contribution in [0.4, 0.5) is 5.82 Å². The molecular weight excluding hydrogens is 176 g/mol. The number of nitrogens with two attached hydrogens (primary N) is 1. The summed E-state index contributed by atoms with van der Waals surface area (Å²) in [7, 11) is 0. The van der Waals surface area contributed by atoms with Gasteiger partial charge in [-0.3, -0.25) is 0 Å². The molecule has 0 saturated carbocycles. The predicted octanol–water partition coefficient (Wildman–Crippen LogP) is 1.26. The van der Waals surface area contributed by atoms with E-state index in [1.807, 2.05) is 6.07 Å². The van der Waals surface area contributed by atoms with Gasteiger partial charge in [0.1, 0.15) is 12.1 Å². The van der Waals surface area contributed by atoms with Gasteiger partial charge in [0.05, 0.1) is 5.54 Å². The summed E-state index contributed by atoms with van der Waals surface area (Å²) < 4.78 is 0. The van der Waals surface area contributed by atoms with E-state index in [1.54, 1.807) is 6.20 Å². The van der Waals surface area contributed by atoms with Gasteiger partial charge < -0.3 is 11.1 Å². The number of hydrogen-bond donors (Lipinski definition) is 2. The minimum absolute atomic E-state index is 0.117. The Balaban J connectivity index is 2.76. The Kier molecular flexibility index (Phi) is 3.41. The molecule has 0 bridgehead atoms. The van der Waals surface area contributed by atoms with Crippen molar-refractivity contribution in [1.82, 2.24) is 9.97 Å². The molecule has 78 valence electrons. The SMILES string of the molecule is CC(C)C(C)(CN)Nc1ccncn1. The van der Waals surface area contributed by atoms with Gasteiger partial charge in [-0.25, -0.2) is 9.97 Å². The second-order valence-corrected chi connectivity index (χ2v) is 4.00. The summed E-state index contributed by atoms with van der Waals surface area (Å²) in [4.78, 5) is 7.98. The van der Waals surface area contributed by atoms with E-state index in [0.29, 0.717) is 12.5 Å². The molecule has 0 saturated heterocycles. The van der Waals surface area contributed by atoms with Crippen molar-refractivity contribution in [1.29, 1.82) is 0 Å². The Morgan fingerprint density at radius 1 is 1.57 bits per heavy atom. The lowest BCUT2D eigenvalue weighted by Gasteiger charge is -2.33. The van der Waals surface area contributed by atoms with Crippen molar-refractivity contribution in [3.05, 3.63) is 18.6 Å². The Morgan fingerprint density at radius 3 is 2.71 bits per heavy atom. The third-order valence-corrected chi connectivity index (χ3v) is 2.69. The van der Waals surface area contributed by atoms with E-state index < -0.39 is 0 Å². The maximum atomic E-state index is 5.75.